The Labute approximate surface area is 202 Å². The third kappa shape index (κ3) is 4.73. The molecule has 3 aromatic carbocycles. The van der Waals surface area contributed by atoms with Crippen LogP contribution in [-0.2, 0) is 9.84 Å². The molecule has 2 heterocycles. The van der Waals surface area contributed by atoms with E-state index in [4.69, 9.17) is 4.98 Å². The van der Waals surface area contributed by atoms with Crippen molar-refractivity contribution >= 4 is 32.5 Å². The van der Waals surface area contributed by atoms with Crippen LogP contribution in [0.25, 0.3) is 39.2 Å². The zero-order valence-corrected chi connectivity index (χ0v) is 20.1. The standard InChI is InChI=1S/C26H22N4O2S2/c1-34(31,32)17-16-33-26-29-28-25(30(26)20-12-6-3-7-13-20)22-18-24(19-10-4-2-5-11-19)27-23-15-9-8-14-21(22)23/h2-15,18H,16-17H2,1H3. The smallest absolute Gasteiger partial charge is 0.196 e. The number of sulfone groups is 1. The van der Waals surface area contributed by atoms with E-state index in [9.17, 15) is 8.42 Å². The fraction of sp³-hybridized carbons (Fsp3) is 0.115. The van der Waals surface area contributed by atoms with Gasteiger partial charge in [-0.2, -0.15) is 0 Å². The van der Waals surface area contributed by atoms with Crippen LogP contribution < -0.4 is 0 Å². The average molecular weight is 487 g/mol. The van der Waals surface area contributed by atoms with E-state index < -0.39 is 9.84 Å². The fourth-order valence-electron chi connectivity index (χ4n) is 3.75. The molecule has 8 heteroatoms. The maximum Gasteiger partial charge on any atom is 0.196 e. The van der Waals surface area contributed by atoms with Gasteiger partial charge in [0.25, 0.3) is 0 Å². The molecule has 6 nitrogen and oxygen atoms in total. The van der Waals surface area contributed by atoms with Gasteiger partial charge in [0, 0.05) is 34.2 Å². The van der Waals surface area contributed by atoms with E-state index in [1.54, 1.807) is 0 Å². The molecule has 5 aromatic rings. The minimum absolute atomic E-state index is 0.0744. The van der Waals surface area contributed by atoms with Crippen molar-refractivity contribution in [3.63, 3.8) is 0 Å². The number of fused-ring (bicyclic) bond motifs is 1. The molecule has 0 aliphatic heterocycles. The second-order valence-corrected chi connectivity index (χ2v) is 11.2. The lowest BCUT2D eigenvalue weighted by Gasteiger charge is -2.13. The number of thioether (sulfide) groups is 1. The maximum atomic E-state index is 11.7. The molecule has 0 radical (unpaired) electrons. The number of hydrogen-bond donors (Lipinski definition) is 0. The zero-order chi connectivity index (χ0) is 23.5. The van der Waals surface area contributed by atoms with E-state index >= 15 is 0 Å². The van der Waals surface area contributed by atoms with E-state index in [1.807, 2.05) is 95.6 Å². The van der Waals surface area contributed by atoms with Gasteiger partial charge in [-0.05, 0) is 24.3 Å². The molecule has 34 heavy (non-hydrogen) atoms. The summed E-state index contributed by atoms with van der Waals surface area (Å²) in [6.07, 6.45) is 1.25. The first-order chi connectivity index (χ1) is 16.5. The van der Waals surface area contributed by atoms with Crippen LogP contribution in [0.4, 0.5) is 0 Å². The van der Waals surface area contributed by atoms with Crippen LogP contribution in [-0.4, -0.2) is 45.9 Å². The van der Waals surface area contributed by atoms with Gasteiger partial charge in [-0.25, -0.2) is 13.4 Å². The van der Waals surface area contributed by atoms with Crippen LogP contribution in [0.5, 0.6) is 0 Å². The number of para-hydroxylation sites is 2. The van der Waals surface area contributed by atoms with Crippen molar-refractivity contribution in [3.05, 3.63) is 91.0 Å². The molecule has 0 N–H and O–H groups in total. The minimum atomic E-state index is -3.07. The second-order valence-electron chi connectivity index (χ2n) is 7.89. The molecule has 0 fully saturated rings. The first kappa shape index (κ1) is 22.3. The third-order valence-corrected chi connectivity index (χ3v) is 7.49. The van der Waals surface area contributed by atoms with Crippen LogP contribution in [0.15, 0.2) is 96.2 Å². The maximum absolute atomic E-state index is 11.7. The van der Waals surface area contributed by atoms with Gasteiger partial charge in [-0.15, -0.1) is 10.2 Å². The molecule has 0 spiro atoms. The molecule has 0 atom stereocenters. The fourth-order valence-corrected chi connectivity index (χ4v) is 5.90. The summed E-state index contributed by atoms with van der Waals surface area (Å²) in [6.45, 7) is 0. The third-order valence-electron chi connectivity index (χ3n) is 5.36. The van der Waals surface area contributed by atoms with Crippen LogP contribution in [0.1, 0.15) is 0 Å². The van der Waals surface area contributed by atoms with Crippen molar-refractivity contribution in [3.8, 4) is 28.3 Å². The van der Waals surface area contributed by atoms with Crippen LogP contribution >= 0.6 is 11.8 Å². The van der Waals surface area contributed by atoms with E-state index in [-0.39, 0.29) is 5.75 Å². The largest absolute Gasteiger partial charge is 0.270 e. The SMILES string of the molecule is CS(=O)(=O)CCSc1nnc(-c2cc(-c3ccccc3)nc3ccccc23)n1-c1ccccc1. The molecule has 0 bridgehead atoms. The normalized spacial score (nSPS) is 11.7. The highest BCUT2D eigenvalue weighted by atomic mass is 32.2. The Morgan fingerprint density at radius 3 is 2.26 bits per heavy atom. The number of rotatable bonds is 7. The average Bonchev–Trinajstić information content (AvgIpc) is 3.27. The summed E-state index contributed by atoms with van der Waals surface area (Å²) in [6, 6.07) is 30.0. The van der Waals surface area contributed by atoms with Crippen molar-refractivity contribution in [1.29, 1.82) is 0 Å². The van der Waals surface area contributed by atoms with Gasteiger partial charge in [0.05, 0.1) is 17.0 Å². The number of hydrogen-bond acceptors (Lipinski definition) is 6. The van der Waals surface area contributed by atoms with Gasteiger partial charge in [0.1, 0.15) is 9.84 Å². The number of nitrogens with zero attached hydrogens (tertiary/aromatic N) is 4. The molecule has 0 aliphatic carbocycles. The van der Waals surface area contributed by atoms with Crippen LogP contribution in [0.3, 0.4) is 0 Å². The summed E-state index contributed by atoms with van der Waals surface area (Å²) in [5.41, 5.74) is 4.56. The van der Waals surface area contributed by atoms with Crippen molar-refractivity contribution in [1.82, 2.24) is 19.7 Å². The molecule has 170 valence electrons. The highest BCUT2D eigenvalue weighted by Crippen LogP contribution is 2.34. The quantitative estimate of drug-likeness (QED) is 0.291. The summed E-state index contributed by atoms with van der Waals surface area (Å²) < 4.78 is 25.3. The summed E-state index contributed by atoms with van der Waals surface area (Å²) in [7, 11) is -3.07. The van der Waals surface area contributed by atoms with Crippen molar-refractivity contribution in [2.24, 2.45) is 0 Å². The molecular weight excluding hydrogens is 464 g/mol. The van der Waals surface area contributed by atoms with Gasteiger partial charge in [-0.3, -0.25) is 4.57 Å². The van der Waals surface area contributed by atoms with E-state index in [0.29, 0.717) is 16.7 Å². The van der Waals surface area contributed by atoms with Crippen molar-refractivity contribution in [2.45, 2.75) is 5.16 Å². The molecule has 0 amide bonds. The Hall–Kier alpha value is -3.49. The Kier molecular flexibility index (Phi) is 6.17. The number of pyridine rings is 1. The van der Waals surface area contributed by atoms with Gasteiger partial charge in [0.15, 0.2) is 11.0 Å². The summed E-state index contributed by atoms with van der Waals surface area (Å²) >= 11 is 1.38. The molecule has 5 rings (SSSR count). The monoisotopic (exact) mass is 486 g/mol. The molecule has 0 unspecified atom stereocenters. The second kappa shape index (κ2) is 9.40. The lowest BCUT2D eigenvalue weighted by molar-refractivity contribution is 0.603. The predicted molar refractivity (Wildman–Crippen MR) is 138 cm³/mol. The Bertz CT molecular complexity index is 1550. The summed E-state index contributed by atoms with van der Waals surface area (Å²) in [5.74, 6) is 1.16. The molecular formula is C26H22N4O2S2. The Balaban J connectivity index is 1.70. The Morgan fingerprint density at radius 1 is 0.853 bits per heavy atom. The van der Waals surface area contributed by atoms with Gasteiger partial charge < -0.3 is 0 Å². The Morgan fingerprint density at radius 2 is 1.53 bits per heavy atom. The van der Waals surface area contributed by atoms with E-state index in [0.717, 1.165) is 33.4 Å². The van der Waals surface area contributed by atoms with E-state index in [2.05, 4.69) is 10.2 Å². The molecule has 0 aliphatic rings. The van der Waals surface area contributed by atoms with Gasteiger partial charge in [0.2, 0.25) is 0 Å². The lowest BCUT2D eigenvalue weighted by atomic mass is 10.0. The van der Waals surface area contributed by atoms with E-state index in [1.165, 1.54) is 18.0 Å². The van der Waals surface area contributed by atoms with Crippen molar-refractivity contribution in [2.75, 3.05) is 17.8 Å². The van der Waals surface area contributed by atoms with Crippen molar-refractivity contribution < 1.29 is 8.42 Å². The topological polar surface area (TPSA) is 77.7 Å². The molecule has 0 saturated heterocycles. The highest BCUT2D eigenvalue weighted by molar-refractivity contribution is 8.00. The number of benzene rings is 3. The van der Waals surface area contributed by atoms with Gasteiger partial charge >= 0.3 is 0 Å². The lowest BCUT2D eigenvalue weighted by Crippen LogP contribution is -2.06. The van der Waals surface area contributed by atoms with Crippen LogP contribution in [0.2, 0.25) is 0 Å². The summed E-state index contributed by atoms with van der Waals surface area (Å²) in [4.78, 5) is 4.89. The summed E-state index contributed by atoms with van der Waals surface area (Å²) in [5, 5.41) is 10.7. The molecule has 2 aromatic heterocycles. The molecule has 0 saturated carbocycles. The zero-order valence-electron chi connectivity index (χ0n) is 18.5. The first-order valence-corrected chi connectivity index (χ1v) is 13.8. The minimum Gasteiger partial charge on any atom is -0.270 e. The van der Waals surface area contributed by atoms with Crippen LogP contribution in [0, 0.1) is 0 Å². The number of aromatic nitrogens is 4. The highest BCUT2D eigenvalue weighted by Gasteiger charge is 2.20. The predicted octanol–water partition coefficient (Wildman–Crippen LogP) is 5.29. The van der Waals surface area contributed by atoms with Gasteiger partial charge in [-0.1, -0.05) is 78.5 Å². The first-order valence-electron chi connectivity index (χ1n) is 10.8.